The Morgan fingerprint density at radius 2 is 1.62 bits per heavy atom. The first kappa shape index (κ1) is 13.4. The first-order valence-electron chi connectivity index (χ1n) is 6.79. The third-order valence-corrected chi connectivity index (χ3v) is 3.41. The van der Waals surface area contributed by atoms with E-state index >= 15 is 0 Å². The number of nitrogens with two attached hydrogens (primary N) is 1. The van der Waals surface area contributed by atoms with Gasteiger partial charge in [0.1, 0.15) is 11.6 Å². The van der Waals surface area contributed by atoms with Crippen molar-refractivity contribution >= 4 is 5.69 Å². The smallest absolute Gasteiger partial charge is 0.123 e. The topological polar surface area (TPSA) is 43.8 Å². The van der Waals surface area contributed by atoms with E-state index in [2.05, 4.69) is 9.55 Å². The van der Waals surface area contributed by atoms with Crippen molar-refractivity contribution < 1.29 is 4.39 Å². The predicted molar refractivity (Wildman–Crippen MR) is 81.4 cm³/mol. The third-order valence-electron chi connectivity index (χ3n) is 3.41. The van der Waals surface area contributed by atoms with Crippen LogP contribution in [0.25, 0.3) is 0 Å². The van der Waals surface area contributed by atoms with Crippen LogP contribution >= 0.6 is 0 Å². The molecule has 0 saturated heterocycles. The SMILES string of the molecule is Nc1ccc(Cc2nccn2Cc2ccc(F)cc2)cc1. The van der Waals surface area contributed by atoms with Gasteiger partial charge in [0.25, 0.3) is 0 Å². The lowest BCUT2D eigenvalue weighted by Crippen LogP contribution is -2.05. The van der Waals surface area contributed by atoms with Gasteiger partial charge in [-0.2, -0.15) is 0 Å². The molecule has 3 rings (SSSR count). The third kappa shape index (κ3) is 3.28. The van der Waals surface area contributed by atoms with Gasteiger partial charge in [-0.15, -0.1) is 0 Å². The molecular formula is C17H16FN3. The Kier molecular flexibility index (Phi) is 3.69. The van der Waals surface area contributed by atoms with Crippen molar-refractivity contribution in [3.63, 3.8) is 0 Å². The van der Waals surface area contributed by atoms with E-state index in [1.807, 2.05) is 30.5 Å². The summed E-state index contributed by atoms with van der Waals surface area (Å²) in [6.45, 7) is 0.685. The van der Waals surface area contributed by atoms with Crippen LogP contribution in [0.15, 0.2) is 60.9 Å². The first-order chi connectivity index (χ1) is 10.2. The summed E-state index contributed by atoms with van der Waals surface area (Å²) in [5.74, 6) is 0.760. The first-order valence-corrected chi connectivity index (χ1v) is 6.79. The van der Waals surface area contributed by atoms with Gasteiger partial charge in [-0.25, -0.2) is 9.37 Å². The molecule has 106 valence electrons. The van der Waals surface area contributed by atoms with E-state index in [1.54, 1.807) is 18.3 Å². The minimum Gasteiger partial charge on any atom is -0.399 e. The zero-order valence-corrected chi connectivity index (χ0v) is 11.5. The van der Waals surface area contributed by atoms with Gasteiger partial charge in [0.2, 0.25) is 0 Å². The number of hydrogen-bond donors (Lipinski definition) is 1. The minimum absolute atomic E-state index is 0.216. The molecule has 0 spiro atoms. The van der Waals surface area contributed by atoms with Crippen LogP contribution in [0.4, 0.5) is 10.1 Å². The largest absolute Gasteiger partial charge is 0.399 e. The Balaban J connectivity index is 1.77. The zero-order valence-electron chi connectivity index (χ0n) is 11.5. The fourth-order valence-electron chi connectivity index (χ4n) is 2.26. The van der Waals surface area contributed by atoms with E-state index in [0.29, 0.717) is 6.54 Å². The van der Waals surface area contributed by atoms with Crippen molar-refractivity contribution in [3.8, 4) is 0 Å². The van der Waals surface area contributed by atoms with E-state index in [1.165, 1.54) is 12.1 Å². The number of nitrogens with zero attached hydrogens (tertiary/aromatic N) is 2. The summed E-state index contributed by atoms with van der Waals surface area (Å²) in [6.07, 6.45) is 4.47. The molecule has 1 heterocycles. The standard InChI is InChI=1S/C17H16FN3/c18-15-5-1-14(2-6-15)12-21-10-9-20-17(21)11-13-3-7-16(19)8-4-13/h1-10H,11-12,19H2. The van der Waals surface area contributed by atoms with Gasteiger partial charge in [-0.05, 0) is 35.4 Å². The highest BCUT2D eigenvalue weighted by atomic mass is 19.1. The number of benzene rings is 2. The average molecular weight is 281 g/mol. The number of anilines is 1. The fraction of sp³-hybridized carbons (Fsp3) is 0.118. The molecule has 3 nitrogen and oxygen atoms in total. The van der Waals surface area contributed by atoms with Gasteiger partial charge in [-0.3, -0.25) is 0 Å². The van der Waals surface area contributed by atoms with E-state index in [4.69, 9.17) is 5.73 Å². The van der Waals surface area contributed by atoms with Crippen LogP contribution < -0.4 is 5.73 Å². The predicted octanol–water partition coefficient (Wildman–Crippen LogP) is 3.24. The van der Waals surface area contributed by atoms with E-state index in [0.717, 1.165) is 29.1 Å². The lowest BCUT2D eigenvalue weighted by molar-refractivity contribution is 0.626. The van der Waals surface area contributed by atoms with Crippen LogP contribution in [-0.2, 0) is 13.0 Å². The highest BCUT2D eigenvalue weighted by Gasteiger charge is 2.05. The quantitative estimate of drug-likeness (QED) is 0.746. The number of hydrogen-bond acceptors (Lipinski definition) is 2. The van der Waals surface area contributed by atoms with Gasteiger partial charge in [0.15, 0.2) is 0 Å². The average Bonchev–Trinajstić information content (AvgIpc) is 2.91. The maximum absolute atomic E-state index is 12.9. The summed E-state index contributed by atoms with van der Waals surface area (Å²) in [5, 5.41) is 0. The Bertz CT molecular complexity index is 653. The van der Waals surface area contributed by atoms with E-state index in [-0.39, 0.29) is 5.82 Å². The van der Waals surface area contributed by atoms with Gasteiger partial charge in [0.05, 0.1) is 0 Å². The fourth-order valence-corrected chi connectivity index (χ4v) is 2.26. The summed E-state index contributed by atoms with van der Waals surface area (Å²) in [7, 11) is 0. The van der Waals surface area contributed by atoms with Gasteiger partial charge in [-0.1, -0.05) is 24.3 Å². The van der Waals surface area contributed by atoms with Crippen molar-refractivity contribution in [2.45, 2.75) is 13.0 Å². The summed E-state index contributed by atoms with van der Waals surface area (Å²) in [5.41, 5.74) is 8.66. The molecule has 0 aliphatic carbocycles. The van der Waals surface area contributed by atoms with Gasteiger partial charge >= 0.3 is 0 Å². The molecule has 2 aromatic carbocycles. The maximum Gasteiger partial charge on any atom is 0.123 e. The number of rotatable bonds is 4. The van der Waals surface area contributed by atoms with Crippen molar-refractivity contribution in [3.05, 3.63) is 83.7 Å². The summed E-state index contributed by atoms with van der Waals surface area (Å²) >= 11 is 0. The maximum atomic E-state index is 12.9. The molecule has 1 aromatic heterocycles. The molecule has 0 saturated carbocycles. The van der Waals surface area contributed by atoms with Crippen molar-refractivity contribution in [2.75, 3.05) is 5.73 Å². The van der Waals surface area contributed by atoms with E-state index in [9.17, 15) is 4.39 Å². The summed E-state index contributed by atoms with van der Waals surface area (Å²) in [4.78, 5) is 4.41. The van der Waals surface area contributed by atoms with Crippen molar-refractivity contribution in [2.24, 2.45) is 0 Å². The molecule has 0 bridgehead atoms. The van der Waals surface area contributed by atoms with Crippen LogP contribution in [0.3, 0.4) is 0 Å². The molecular weight excluding hydrogens is 265 g/mol. The number of nitrogen functional groups attached to an aromatic ring is 1. The van der Waals surface area contributed by atoms with Crippen LogP contribution in [0.2, 0.25) is 0 Å². The Morgan fingerprint density at radius 3 is 2.33 bits per heavy atom. The highest BCUT2D eigenvalue weighted by molar-refractivity contribution is 5.40. The van der Waals surface area contributed by atoms with Gasteiger partial charge in [0, 0.05) is 31.0 Å². The summed E-state index contributed by atoms with van der Waals surface area (Å²) in [6, 6.07) is 14.3. The monoisotopic (exact) mass is 281 g/mol. The number of halogens is 1. The molecule has 0 fully saturated rings. The molecule has 0 radical (unpaired) electrons. The van der Waals surface area contributed by atoms with Crippen molar-refractivity contribution in [1.82, 2.24) is 9.55 Å². The zero-order chi connectivity index (χ0) is 14.7. The van der Waals surface area contributed by atoms with Crippen LogP contribution in [0, 0.1) is 5.82 Å². The molecule has 4 heteroatoms. The lowest BCUT2D eigenvalue weighted by atomic mass is 10.1. The molecule has 0 aliphatic heterocycles. The molecule has 0 atom stereocenters. The minimum atomic E-state index is -0.216. The second kappa shape index (κ2) is 5.79. The molecule has 0 amide bonds. The second-order valence-corrected chi connectivity index (χ2v) is 5.02. The van der Waals surface area contributed by atoms with Crippen LogP contribution in [0.5, 0.6) is 0 Å². The van der Waals surface area contributed by atoms with Crippen LogP contribution in [-0.4, -0.2) is 9.55 Å². The molecule has 2 N–H and O–H groups in total. The molecule has 0 aliphatic rings. The molecule has 0 unspecified atom stereocenters. The second-order valence-electron chi connectivity index (χ2n) is 5.02. The van der Waals surface area contributed by atoms with E-state index < -0.39 is 0 Å². The van der Waals surface area contributed by atoms with Crippen molar-refractivity contribution in [1.29, 1.82) is 0 Å². The normalized spacial score (nSPS) is 10.7. The lowest BCUT2D eigenvalue weighted by Gasteiger charge is -2.08. The summed E-state index contributed by atoms with van der Waals surface area (Å²) < 4.78 is 15.0. The number of aromatic nitrogens is 2. The van der Waals surface area contributed by atoms with Crippen LogP contribution in [0.1, 0.15) is 17.0 Å². The van der Waals surface area contributed by atoms with Gasteiger partial charge < -0.3 is 10.3 Å². The highest BCUT2D eigenvalue weighted by Crippen LogP contribution is 2.12. The Hall–Kier alpha value is -2.62. The Morgan fingerprint density at radius 1 is 0.952 bits per heavy atom. The molecule has 21 heavy (non-hydrogen) atoms. The molecule has 3 aromatic rings. The number of imidazole rings is 1. The Labute approximate surface area is 122 Å².